The average Bonchev–Trinajstić information content (AvgIpc) is 3.13. The van der Waals surface area contributed by atoms with Gasteiger partial charge in [-0.3, -0.25) is 4.79 Å². The molecule has 3 rings (SSSR count). The van der Waals surface area contributed by atoms with Crippen LogP contribution in [0.2, 0.25) is 0 Å². The highest BCUT2D eigenvalue weighted by Gasteiger charge is 2.41. The van der Waals surface area contributed by atoms with E-state index in [-0.39, 0.29) is 24.1 Å². The fourth-order valence-corrected chi connectivity index (χ4v) is 2.46. The van der Waals surface area contributed by atoms with Gasteiger partial charge >= 0.3 is 6.09 Å². The molecule has 122 valence electrons. The highest BCUT2D eigenvalue weighted by atomic mass is 19.2. The second-order valence-electron chi connectivity index (χ2n) is 5.05. The van der Waals surface area contributed by atoms with Gasteiger partial charge in [-0.25, -0.2) is 14.1 Å². The Morgan fingerprint density at radius 2 is 2.22 bits per heavy atom. The molecule has 2 aromatic rings. The van der Waals surface area contributed by atoms with E-state index in [4.69, 9.17) is 14.0 Å². The Labute approximate surface area is 128 Å². The number of hydrogen-bond acceptors (Lipinski definition) is 6. The van der Waals surface area contributed by atoms with Crippen LogP contribution < -0.4 is 4.90 Å². The third kappa shape index (κ3) is 2.24. The molecule has 7 nitrogen and oxygen atoms in total. The van der Waals surface area contributed by atoms with Crippen molar-refractivity contribution in [2.24, 2.45) is 0 Å². The molecule has 1 aromatic heterocycles. The highest BCUT2D eigenvalue weighted by molar-refractivity contribution is 6.01. The Hall–Kier alpha value is -2.55. The number of anilines is 1. The van der Waals surface area contributed by atoms with Crippen molar-refractivity contribution in [3.63, 3.8) is 0 Å². The number of amides is 1. The first-order valence-corrected chi connectivity index (χ1v) is 6.71. The number of ether oxygens (including phenoxy) is 2. The van der Waals surface area contributed by atoms with Crippen LogP contribution in [0.4, 0.5) is 19.4 Å². The molecule has 9 heteroatoms. The monoisotopic (exact) mass is 326 g/mol. The molecular formula is C14H12F2N2O5. The second kappa shape index (κ2) is 5.58. The number of hydrogen-bond donors (Lipinski definition) is 0. The van der Waals surface area contributed by atoms with Gasteiger partial charge in [0.2, 0.25) is 11.4 Å². The summed E-state index contributed by atoms with van der Waals surface area (Å²) in [4.78, 5) is 24.0. The molecule has 0 N–H and O–H groups in total. The van der Waals surface area contributed by atoms with Gasteiger partial charge in [0.1, 0.15) is 12.6 Å². The lowest BCUT2D eigenvalue weighted by molar-refractivity contribution is 0.0881. The Morgan fingerprint density at radius 3 is 2.87 bits per heavy atom. The maximum absolute atomic E-state index is 13.9. The van der Waals surface area contributed by atoms with Gasteiger partial charge in [-0.15, -0.1) is 0 Å². The van der Waals surface area contributed by atoms with Crippen molar-refractivity contribution in [3.05, 3.63) is 23.3 Å². The molecule has 1 aliphatic rings. The smallest absolute Gasteiger partial charge is 0.416 e. The number of aldehydes is 1. The molecule has 1 amide bonds. The van der Waals surface area contributed by atoms with E-state index in [9.17, 15) is 18.4 Å². The Kier molecular flexibility index (Phi) is 3.72. The zero-order chi connectivity index (χ0) is 16.7. The number of fused-ring (bicyclic) bond motifs is 1. The van der Waals surface area contributed by atoms with Gasteiger partial charge < -0.3 is 14.0 Å². The zero-order valence-corrected chi connectivity index (χ0v) is 12.2. The van der Waals surface area contributed by atoms with Gasteiger partial charge in [0.05, 0.1) is 17.1 Å². The first-order chi connectivity index (χ1) is 11.0. The van der Waals surface area contributed by atoms with E-state index in [1.807, 2.05) is 0 Å². The van der Waals surface area contributed by atoms with Crippen molar-refractivity contribution in [2.45, 2.75) is 19.1 Å². The van der Waals surface area contributed by atoms with Crippen molar-refractivity contribution >= 4 is 29.2 Å². The predicted molar refractivity (Wildman–Crippen MR) is 73.4 cm³/mol. The number of halogens is 2. The Bertz CT molecular complexity index is 791. The fraction of sp³-hybridized carbons (Fsp3) is 0.357. The average molecular weight is 326 g/mol. The summed E-state index contributed by atoms with van der Waals surface area (Å²) in [5, 5.41) is 3.64. The van der Waals surface area contributed by atoms with Crippen LogP contribution in [-0.4, -0.2) is 43.4 Å². The quantitative estimate of drug-likeness (QED) is 0.802. The number of carbonyl (C=O) groups excluding carboxylic acids is 2. The largest absolute Gasteiger partial charge is 0.447 e. The summed E-state index contributed by atoms with van der Waals surface area (Å²) < 4.78 is 42.5. The van der Waals surface area contributed by atoms with Gasteiger partial charge in [-0.05, 0) is 13.0 Å². The van der Waals surface area contributed by atoms with Gasteiger partial charge in [-0.1, -0.05) is 5.16 Å². The first-order valence-electron chi connectivity index (χ1n) is 6.71. The van der Waals surface area contributed by atoms with Gasteiger partial charge in [-0.2, -0.15) is 4.39 Å². The van der Waals surface area contributed by atoms with Crippen molar-refractivity contribution in [1.82, 2.24) is 5.16 Å². The zero-order valence-electron chi connectivity index (χ0n) is 12.2. The van der Waals surface area contributed by atoms with Crippen LogP contribution in [0.1, 0.15) is 17.3 Å². The lowest BCUT2D eigenvalue weighted by Crippen LogP contribution is -2.42. The number of cyclic esters (lactones) is 1. The molecule has 0 saturated carbocycles. The maximum Gasteiger partial charge on any atom is 0.416 e. The van der Waals surface area contributed by atoms with Crippen LogP contribution in [0.15, 0.2) is 10.6 Å². The van der Waals surface area contributed by atoms with Gasteiger partial charge in [0, 0.05) is 7.11 Å². The molecule has 0 aliphatic carbocycles. The maximum atomic E-state index is 13.9. The fourth-order valence-electron chi connectivity index (χ4n) is 2.46. The summed E-state index contributed by atoms with van der Waals surface area (Å²) >= 11 is 0. The summed E-state index contributed by atoms with van der Waals surface area (Å²) in [5.41, 5.74) is -0.977. The van der Waals surface area contributed by atoms with Crippen LogP contribution in [0.3, 0.4) is 0 Å². The topological polar surface area (TPSA) is 81.9 Å². The van der Waals surface area contributed by atoms with E-state index >= 15 is 0 Å². The van der Waals surface area contributed by atoms with E-state index in [1.54, 1.807) is 6.92 Å². The number of aromatic nitrogens is 1. The minimum Gasteiger partial charge on any atom is -0.447 e. The number of benzene rings is 1. The lowest BCUT2D eigenvalue weighted by Gasteiger charge is -2.23. The summed E-state index contributed by atoms with van der Waals surface area (Å²) in [6, 6.07) is 0.556. The summed E-state index contributed by atoms with van der Waals surface area (Å²) in [5.74, 6) is -2.73. The molecule has 23 heavy (non-hydrogen) atoms. The summed E-state index contributed by atoms with van der Waals surface area (Å²) in [6.45, 7) is 1.77. The van der Waals surface area contributed by atoms with Crippen LogP contribution in [-0.2, 0) is 9.47 Å². The Morgan fingerprint density at radius 1 is 1.48 bits per heavy atom. The standard InChI is InChI=1S/C14H12F2N2O5/c1-6(21-2)9-5-22-14(20)18(9)13-8-3-7(4-19)10(15)11(16)12(8)23-17-13/h3-4,6,9H,5H2,1-2H3/t6-,9?/m0/s1. The van der Waals surface area contributed by atoms with Gasteiger partial charge in [0.15, 0.2) is 17.9 Å². The van der Waals surface area contributed by atoms with E-state index in [1.165, 1.54) is 7.11 Å². The van der Waals surface area contributed by atoms with Crippen molar-refractivity contribution < 1.29 is 32.4 Å². The summed E-state index contributed by atoms with van der Waals surface area (Å²) in [6.07, 6.45) is -0.942. The number of methoxy groups -OCH3 is 1. The van der Waals surface area contributed by atoms with Gasteiger partial charge in [0.25, 0.3) is 0 Å². The molecule has 0 bridgehead atoms. The normalized spacial score (nSPS) is 19.2. The minimum atomic E-state index is -1.34. The van der Waals surface area contributed by atoms with E-state index in [0.717, 1.165) is 11.0 Å². The third-order valence-corrected chi connectivity index (χ3v) is 3.83. The molecule has 1 aromatic carbocycles. The predicted octanol–water partition coefficient (Wildman–Crippen LogP) is 2.28. The number of nitrogens with zero attached hydrogens (tertiary/aromatic N) is 2. The third-order valence-electron chi connectivity index (χ3n) is 3.83. The van der Waals surface area contributed by atoms with Crippen LogP contribution in [0.5, 0.6) is 0 Å². The van der Waals surface area contributed by atoms with E-state index in [2.05, 4.69) is 5.16 Å². The van der Waals surface area contributed by atoms with E-state index < -0.39 is 41.0 Å². The number of rotatable bonds is 4. The molecule has 1 fully saturated rings. The molecule has 1 unspecified atom stereocenters. The molecule has 2 heterocycles. The summed E-state index contributed by atoms with van der Waals surface area (Å²) in [7, 11) is 1.46. The second-order valence-corrected chi connectivity index (χ2v) is 5.05. The van der Waals surface area contributed by atoms with Crippen molar-refractivity contribution in [1.29, 1.82) is 0 Å². The van der Waals surface area contributed by atoms with Crippen LogP contribution in [0.25, 0.3) is 11.0 Å². The number of carbonyl (C=O) groups is 2. The molecular weight excluding hydrogens is 314 g/mol. The van der Waals surface area contributed by atoms with E-state index in [0.29, 0.717) is 0 Å². The molecule has 2 atom stereocenters. The molecule has 0 radical (unpaired) electrons. The van der Waals surface area contributed by atoms with Crippen LogP contribution >= 0.6 is 0 Å². The highest BCUT2D eigenvalue weighted by Crippen LogP contribution is 2.34. The van der Waals surface area contributed by atoms with Crippen molar-refractivity contribution in [3.8, 4) is 0 Å². The molecule has 0 spiro atoms. The Balaban J connectivity index is 2.18. The van der Waals surface area contributed by atoms with Crippen molar-refractivity contribution in [2.75, 3.05) is 18.6 Å². The lowest BCUT2D eigenvalue weighted by atomic mass is 10.1. The SMILES string of the molecule is CO[C@@H](C)C1COC(=O)N1c1noc2c(F)c(F)c(C=O)cc12. The molecule has 1 aliphatic heterocycles. The first kappa shape index (κ1) is 15.3. The molecule has 1 saturated heterocycles. The minimum absolute atomic E-state index is 0.00171. The van der Waals surface area contributed by atoms with Crippen LogP contribution in [0, 0.1) is 11.6 Å².